The molecule has 0 radical (unpaired) electrons. The van der Waals surface area contributed by atoms with Gasteiger partial charge in [-0.15, -0.1) is 0 Å². The van der Waals surface area contributed by atoms with E-state index in [2.05, 4.69) is 0 Å². The van der Waals surface area contributed by atoms with Crippen LogP contribution in [0, 0.1) is 5.82 Å². The third-order valence-corrected chi connectivity index (χ3v) is 1.64. The molecule has 3 nitrogen and oxygen atoms in total. The number of benzene rings is 1. The van der Waals surface area contributed by atoms with Crippen molar-refractivity contribution in [1.29, 1.82) is 0 Å². The molecule has 70 valence electrons. The second-order valence-corrected chi connectivity index (χ2v) is 2.32. The van der Waals surface area contributed by atoms with Gasteiger partial charge in [0.25, 0.3) is 0 Å². The van der Waals surface area contributed by atoms with Crippen LogP contribution in [0.15, 0.2) is 12.1 Å². The Hall–Kier alpha value is -1.58. The van der Waals surface area contributed by atoms with Gasteiger partial charge < -0.3 is 9.47 Å². The Labute approximate surface area is 75.1 Å². The summed E-state index contributed by atoms with van der Waals surface area (Å²) in [6.45, 7) is 0. The maximum atomic E-state index is 13.3. The van der Waals surface area contributed by atoms with Crippen LogP contribution in [0.25, 0.3) is 0 Å². The van der Waals surface area contributed by atoms with Gasteiger partial charge in [-0.25, -0.2) is 0 Å². The topological polar surface area (TPSA) is 35.5 Å². The summed E-state index contributed by atoms with van der Waals surface area (Å²) in [4.78, 5) is 10.5. The predicted octanol–water partition coefficient (Wildman–Crippen LogP) is 1.66. The highest BCUT2D eigenvalue weighted by Gasteiger charge is 2.13. The third kappa shape index (κ3) is 1.61. The van der Waals surface area contributed by atoms with Gasteiger partial charge in [0.1, 0.15) is 0 Å². The van der Waals surface area contributed by atoms with Gasteiger partial charge in [0.2, 0.25) is 5.82 Å². The Morgan fingerprint density at radius 3 is 2.46 bits per heavy atom. The van der Waals surface area contributed by atoms with Crippen molar-refractivity contribution < 1.29 is 18.7 Å². The van der Waals surface area contributed by atoms with Crippen LogP contribution in [0.3, 0.4) is 0 Å². The van der Waals surface area contributed by atoms with Gasteiger partial charge in [-0.05, 0) is 12.1 Å². The molecule has 0 bridgehead atoms. The summed E-state index contributed by atoms with van der Waals surface area (Å²) in [6, 6.07) is 2.81. The molecule has 0 fully saturated rings. The molecule has 0 unspecified atom stereocenters. The zero-order valence-electron chi connectivity index (χ0n) is 7.33. The molecule has 0 saturated heterocycles. The predicted molar refractivity (Wildman–Crippen MR) is 44.9 cm³/mol. The lowest BCUT2D eigenvalue weighted by Gasteiger charge is -2.07. The normalized spacial score (nSPS) is 9.46. The number of aldehydes is 1. The van der Waals surface area contributed by atoms with Crippen molar-refractivity contribution in [2.75, 3.05) is 14.2 Å². The molecule has 1 rings (SSSR count). The Bertz CT molecular complexity index is 323. The summed E-state index contributed by atoms with van der Waals surface area (Å²) >= 11 is 0. The summed E-state index contributed by atoms with van der Waals surface area (Å²) in [5.74, 6) is -0.689. The molecule has 0 aromatic heterocycles. The zero-order valence-corrected chi connectivity index (χ0v) is 7.33. The van der Waals surface area contributed by atoms with E-state index in [4.69, 9.17) is 9.47 Å². The van der Waals surface area contributed by atoms with Gasteiger partial charge in [-0.3, -0.25) is 4.79 Å². The number of carbonyl (C=O) groups is 1. The highest BCUT2D eigenvalue weighted by atomic mass is 19.1. The first-order valence-corrected chi connectivity index (χ1v) is 3.60. The highest BCUT2D eigenvalue weighted by Crippen LogP contribution is 2.28. The van der Waals surface area contributed by atoms with E-state index in [0.29, 0.717) is 6.29 Å². The lowest BCUT2D eigenvalue weighted by molar-refractivity contribution is 0.111. The smallest absolute Gasteiger partial charge is 0.207 e. The molecule has 0 atom stereocenters. The molecule has 0 amide bonds. The number of rotatable bonds is 3. The number of methoxy groups -OCH3 is 2. The highest BCUT2D eigenvalue weighted by molar-refractivity contribution is 5.80. The number of carbonyl (C=O) groups excluding carboxylic acids is 1. The van der Waals surface area contributed by atoms with Crippen LogP contribution in [0.4, 0.5) is 4.39 Å². The lowest BCUT2D eigenvalue weighted by atomic mass is 10.2. The number of hydrogen-bond donors (Lipinski definition) is 0. The van der Waals surface area contributed by atoms with Gasteiger partial charge in [0.15, 0.2) is 17.8 Å². The second-order valence-electron chi connectivity index (χ2n) is 2.32. The molecule has 0 aliphatic rings. The van der Waals surface area contributed by atoms with E-state index >= 15 is 0 Å². The first-order chi connectivity index (χ1) is 6.24. The van der Waals surface area contributed by atoms with Crippen molar-refractivity contribution in [3.05, 3.63) is 23.5 Å². The summed E-state index contributed by atoms with van der Waals surface area (Å²) in [5, 5.41) is 0. The number of halogens is 1. The lowest BCUT2D eigenvalue weighted by Crippen LogP contribution is -1.97. The van der Waals surface area contributed by atoms with E-state index in [1.54, 1.807) is 0 Å². The molecule has 0 spiro atoms. The largest absolute Gasteiger partial charge is 0.494 e. The summed E-state index contributed by atoms with van der Waals surface area (Å²) < 4.78 is 22.8. The molecule has 0 heterocycles. The molecule has 0 saturated carbocycles. The minimum absolute atomic E-state index is 0.0578. The maximum absolute atomic E-state index is 13.3. The van der Waals surface area contributed by atoms with Crippen LogP contribution in [0.2, 0.25) is 0 Å². The zero-order chi connectivity index (χ0) is 9.84. The van der Waals surface area contributed by atoms with Crippen LogP contribution in [0.5, 0.6) is 11.5 Å². The molecule has 1 aromatic rings. The molecular weight excluding hydrogens is 175 g/mol. The van der Waals surface area contributed by atoms with Gasteiger partial charge in [0.05, 0.1) is 19.8 Å². The molecule has 13 heavy (non-hydrogen) atoms. The summed E-state index contributed by atoms with van der Waals surface area (Å²) in [7, 11) is 2.64. The monoisotopic (exact) mass is 184 g/mol. The number of hydrogen-bond acceptors (Lipinski definition) is 3. The molecule has 0 aliphatic carbocycles. The van der Waals surface area contributed by atoms with E-state index in [-0.39, 0.29) is 17.1 Å². The Balaban J connectivity index is 3.31. The van der Waals surface area contributed by atoms with E-state index in [9.17, 15) is 9.18 Å². The fraction of sp³-hybridized carbons (Fsp3) is 0.222. The van der Waals surface area contributed by atoms with Gasteiger partial charge in [-0.2, -0.15) is 4.39 Å². The molecule has 0 aliphatic heterocycles. The minimum atomic E-state index is -0.658. The standard InChI is InChI=1S/C9H9FO3/c1-12-7-4-3-6(5-11)9(13-2)8(7)10/h3-5H,1-2H3. The van der Waals surface area contributed by atoms with E-state index in [1.165, 1.54) is 26.4 Å². The number of ether oxygens (including phenoxy) is 2. The first kappa shape index (κ1) is 9.51. The SMILES string of the molecule is COc1ccc(C=O)c(OC)c1F. The maximum Gasteiger partial charge on any atom is 0.207 e. The van der Waals surface area contributed by atoms with Crippen LogP contribution < -0.4 is 9.47 Å². The Morgan fingerprint density at radius 1 is 1.31 bits per heavy atom. The average Bonchev–Trinajstić information content (AvgIpc) is 2.17. The first-order valence-electron chi connectivity index (χ1n) is 3.60. The molecule has 1 aromatic carbocycles. The van der Waals surface area contributed by atoms with Gasteiger partial charge in [0, 0.05) is 0 Å². The van der Waals surface area contributed by atoms with Crippen molar-refractivity contribution in [2.24, 2.45) is 0 Å². The third-order valence-electron chi connectivity index (χ3n) is 1.64. The molecule has 4 heteroatoms. The molecule has 0 N–H and O–H groups in total. The van der Waals surface area contributed by atoms with Crippen molar-refractivity contribution >= 4 is 6.29 Å². The quantitative estimate of drug-likeness (QED) is 0.670. The summed E-state index contributed by atoms with van der Waals surface area (Å²) in [5.41, 5.74) is 0.167. The summed E-state index contributed by atoms with van der Waals surface area (Å²) in [6.07, 6.45) is 0.529. The van der Waals surface area contributed by atoms with Crippen LogP contribution in [-0.2, 0) is 0 Å². The van der Waals surface area contributed by atoms with E-state index < -0.39 is 5.82 Å². The average molecular weight is 184 g/mol. The van der Waals surface area contributed by atoms with Crippen molar-refractivity contribution in [3.8, 4) is 11.5 Å². The van der Waals surface area contributed by atoms with Gasteiger partial charge in [-0.1, -0.05) is 0 Å². The Morgan fingerprint density at radius 2 is 2.00 bits per heavy atom. The van der Waals surface area contributed by atoms with Crippen molar-refractivity contribution in [3.63, 3.8) is 0 Å². The van der Waals surface area contributed by atoms with E-state index in [1.807, 2.05) is 0 Å². The van der Waals surface area contributed by atoms with Crippen LogP contribution in [-0.4, -0.2) is 20.5 Å². The molecular formula is C9H9FO3. The van der Waals surface area contributed by atoms with E-state index in [0.717, 1.165) is 0 Å². The fourth-order valence-electron chi connectivity index (χ4n) is 1.01. The second kappa shape index (κ2) is 3.89. The van der Waals surface area contributed by atoms with Crippen molar-refractivity contribution in [1.82, 2.24) is 0 Å². The fourth-order valence-corrected chi connectivity index (χ4v) is 1.01. The van der Waals surface area contributed by atoms with Crippen LogP contribution >= 0.6 is 0 Å². The van der Waals surface area contributed by atoms with Crippen molar-refractivity contribution in [2.45, 2.75) is 0 Å². The van der Waals surface area contributed by atoms with Crippen LogP contribution in [0.1, 0.15) is 10.4 Å². The Kier molecular flexibility index (Phi) is 2.84. The van der Waals surface area contributed by atoms with Gasteiger partial charge >= 0.3 is 0 Å². The minimum Gasteiger partial charge on any atom is -0.494 e.